The molecular weight excluding hydrogens is 486 g/mol. The van der Waals surface area contributed by atoms with Gasteiger partial charge in [-0.25, -0.2) is 4.79 Å². The van der Waals surface area contributed by atoms with Gasteiger partial charge in [0.15, 0.2) is 0 Å². The van der Waals surface area contributed by atoms with Gasteiger partial charge in [-0.1, -0.05) is 12.1 Å². The Balaban J connectivity index is 2.16. The molecule has 0 bridgehead atoms. The highest BCUT2D eigenvalue weighted by atomic mass is 79.9. The molecule has 8 nitrogen and oxygen atoms in total. The summed E-state index contributed by atoms with van der Waals surface area (Å²) >= 11 is 3.47. The van der Waals surface area contributed by atoms with E-state index in [4.69, 9.17) is 14.9 Å². The number of nitrogens with zero attached hydrogens (tertiary/aromatic N) is 4. The first-order valence-electron chi connectivity index (χ1n) is 10.4. The molecule has 1 aliphatic heterocycles. The van der Waals surface area contributed by atoms with Crippen LogP contribution < -0.4 is 4.74 Å². The summed E-state index contributed by atoms with van der Waals surface area (Å²) in [4.78, 5) is 14.3. The lowest BCUT2D eigenvalue weighted by atomic mass is 9.55. The van der Waals surface area contributed by atoms with Gasteiger partial charge in [0.05, 0.1) is 41.4 Å². The highest BCUT2D eigenvalue weighted by Gasteiger charge is 2.57. The van der Waals surface area contributed by atoms with Gasteiger partial charge in [0, 0.05) is 24.9 Å². The number of nitriles is 3. The molecule has 0 saturated heterocycles. The fourth-order valence-electron chi connectivity index (χ4n) is 4.52. The first kappa shape index (κ1) is 24.3. The first-order chi connectivity index (χ1) is 15.5. The fourth-order valence-corrected chi connectivity index (χ4v) is 5.08. The number of carbonyl (C=O) groups is 1. The van der Waals surface area contributed by atoms with Crippen molar-refractivity contribution in [2.24, 2.45) is 17.3 Å². The molecule has 170 valence electrons. The zero-order valence-electron chi connectivity index (χ0n) is 18.8. The van der Waals surface area contributed by atoms with E-state index in [1.165, 1.54) is 4.90 Å². The summed E-state index contributed by atoms with van der Waals surface area (Å²) in [7, 11) is 1.54. The molecule has 1 fully saturated rings. The number of fused-ring (bicyclic) bond motifs is 1. The van der Waals surface area contributed by atoms with E-state index in [1.54, 1.807) is 40.0 Å². The van der Waals surface area contributed by atoms with E-state index < -0.39 is 34.9 Å². The molecule has 1 N–H and O–H groups in total. The Morgan fingerprint density at radius 2 is 1.94 bits per heavy atom. The summed E-state index contributed by atoms with van der Waals surface area (Å²) in [5.41, 5.74) is -1.56. The summed E-state index contributed by atoms with van der Waals surface area (Å²) in [6.07, 6.45) is 1.15. The van der Waals surface area contributed by atoms with Crippen molar-refractivity contribution in [2.45, 2.75) is 32.3 Å². The predicted octanol–water partition coefficient (Wildman–Crippen LogP) is 4.54. The zero-order chi connectivity index (χ0) is 24.6. The smallest absolute Gasteiger partial charge is 0.410 e. The molecule has 9 heteroatoms. The number of methoxy groups -OCH3 is 1. The molecule has 0 aromatic heterocycles. The standard InChI is InChI=1S/C24H24BrN5O3/c1-23(2,3)33-22(31)30-8-7-17-16(11-30)20(14-5-6-19(32-4)18(25)9-14)15(10-26)21(29)24(17,12-27)13-28/h5-7,9,15-16,20,29H,8,11H2,1-4H3/t15-,16+,20-/m1/s1. The van der Waals surface area contributed by atoms with Crippen LogP contribution in [0.2, 0.25) is 0 Å². The summed E-state index contributed by atoms with van der Waals surface area (Å²) < 4.78 is 11.5. The largest absolute Gasteiger partial charge is 0.496 e. The third-order valence-electron chi connectivity index (χ3n) is 5.98. The quantitative estimate of drug-likeness (QED) is 0.581. The molecule has 0 unspecified atom stereocenters. The number of ether oxygens (including phenoxy) is 2. The van der Waals surface area contributed by atoms with Gasteiger partial charge >= 0.3 is 6.09 Å². The summed E-state index contributed by atoms with van der Waals surface area (Å²) in [6, 6.07) is 11.5. The van der Waals surface area contributed by atoms with Crippen LogP contribution in [0, 0.1) is 56.7 Å². The Morgan fingerprint density at radius 1 is 1.27 bits per heavy atom. The second-order valence-corrected chi connectivity index (χ2v) is 9.92. The minimum Gasteiger partial charge on any atom is -0.496 e. The molecule has 33 heavy (non-hydrogen) atoms. The lowest BCUT2D eigenvalue weighted by Crippen LogP contribution is -2.53. The number of benzene rings is 1. The number of rotatable bonds is 2. The van der Waals surface area contributed by atoms with Crippen molar-refractivity contribution < 1.29 is 14.3 Å². The van der Waals surface area contributed by atoms with Crippen LogP contribution in [-0.2, 0) is 4.74 Å². The lowest BCUT2D eigenvalue weighted by molar-refractivity contribution is 0.0223. The maximum atomic E-state index is 12.8. The number of hydrogen-bond donors (Lipinski definition) is 1. The van der Waals surface area contributed by atoms with Crippen LogP contribution >= 0.6 is 15.9 Å². The van der Waals surface area contributed by atoms with Gasteiger partial charge in [-0.05, 0) is 60.0 Å². The zero-order valence-corrected chi connectivity index (χ0v) is 20.4. The summed E-state index contributed by atoms with van der Waals surface area (Å²) in [6.45, 7) is 5.63. The van der Waals surface area contributed by atoms with Crippen LogP contribution in [0.1, 0.15) is 32.3 Å². The van der Waals surface area contributed by atoms with Crippen LogP contribution in [0.5, 0.6) is 5.75 Å². The number of hydrogen-bond acceptors (Lipinski definition) is 7. The molecule has 2 aliphatic rings. The van der Waals surface area contributed by atoms with Crippen LogP contribution in [0.15, 0.2) is 34.3 Å². The Bertz CT molecular complexity index is 1130. The molecule has 1 amide bonds. The van der Waals surface area contributed by atoms with Crippen molar-refractivity contribution in [3.05, 3.63) is 39.9 Å². The van der Waals surface area contributed by atoms with E-state index in [2.05, 4.69) is 22.0 Å². The Kier molecular flexibility index (Phi) is 6.54. The third kappa shape index (κ3) is 4.19. The molecule has 3 atom stereocenters. The molecule has 0 radical (unpaired) electrons. The minimum atomic E-state index is -1.84. The molecule has 1 aromatic carbocycles. The van der Waals surface area contributed by atoms with Crippen LogP contribution in [-0.4, -0.2) is 42.5 Å². The molecule has 1 aliphatic carbocycles. The van der Waals surface area contributed by atoms with Gasteiger partial charge in [-0.3, -0.25) is 0 Å². The Labute approximate surface area is 201 Å². The summed E-state index contributed by atoms with van der Waals surface area (Å²) in [5, 5.41) is 38.7. The minimum absolute atomic E-state index is 0.148. The van der Waals surface area contributed by atoms with Gasteiger partial charge in [0.25, 0.3) is 0 Å². The second kappa shape index (κ2) is 8.89. The molecule has 1 heterocycles. The maximum absolute atomic E-state index is 12.8. The average molecular weight is 510 g/mol. The number of carbonyl (C=O) groups excluding carboxylic acids is 1. The topological polar surface area (TPSA) is 134 Å². The molecule has 1 saturated carbocycles. The van der Waals surface area contributed by atoms with Crippen molar-refractivity contribution in [3.8, 4) is 24.0 Å². The number of halogens is 1. The molecule has 1 aromatic rings. The van der Waals surface area contributed by atoms with Crippen molar-refractivity contribution in [1.82, 2.24) is 4.90 Å². The van der Waals surface area contributed by atoms with E-state index in [0.717, 1.165) is 5.56 Å². The third-order valence-corrected chi connectivity index (χ3v) is 6.60. The van der Waals surface area contributed by atoms with Gasteiger partial charge in [-0.15, -0.1) is 0 Å². The first-order valence-corrected chi connectivity index (χ1v) is 11.1. The maximum Gasteiger partial charge on any atom is 0.410 e. The highest BCUT2D eigenvalue weighted by Crippen LogP contribution is 2.52. The SMILES string of the molecule is COc1ccc([C@@H]2[C@@H](C#N)C(=N)C(C#N)(C#N)C3=CCN(C(=O)OC(C)(C)C)C[C@@H]32)cc1Br. The lowest BCUT2D eigenvalue weighted by Gasteiger charge is -2.47. The summed E-state index contributed by atoms with van der Waals surface area (Å²) in [5.74, 6) is -1.48. The van der Waals surface area contributed by atoms with Crippen molar-refractivity contribution in [1.29, 1.82) is 21.2 Å². The van der Waals surface area contributed by atoms with Crippen LogP contribution in [0.25, 0.3) is 0 Å². The predicted molar refractivity (Wildman–Crippen MR) is 123 cm³/mol. The van der Waals surface area contributed by atoms with Crippen molar-refractivity contribution in [2.75, 3.05) is 20.2 Å². The Hall–Kier alpha value is -3.35. The normalized spacial score (nSPS) is 23.8. The second-order valence-electron chi connectivity index (χ2n) is 9.07. The average Bonchev–Trinajstić information content (AvgIpc) is 2.77. The van der Waals surface area contributed by atoms with Gasteiger partial charge in [0.1, 0.15) is 11.4 Å². The van der Waals surface area contributed by atoms with E-state index in [-0.39, 0.29) is 18.8 Å². The van der Waals surface area contributed by atoms with E-state index in [9.17, 15) is 20.6 Å². The van der Waals surface area contributed by atoms with Crippen LogP contribution in [0.3, 0.4) is 0 Å². The van der Waals surface area contributed by atoms with Gasteiger partial charge < -0.3 is 19.8 Å². The number of amides is 1. The van der Waals surface area contributed by atoms with Crippen molar-refractivity contribution >= 4 is 27.7 Å². The van der Waals surface area contributed by atoms with Crippen molar-refractivity contribution in [3.63, 3.8) is 0 Å². The van der Waals surface area contributed by atoms with E-state index in [1.807, 2.05) is 24.3 Å². The molecule has 0 spiro atoms. The molecule has 3 rings (SSSR count). The van der Waals surface area contributed by atoms with Gasteiger partial charge in [0.2, 0.25) is 5.41 Å². The van der Waals surface area contributed by atoms with E-state index in [0.29, 0.717) is 15.8 Å². The highest BCUT2D eigenvalue weighted by molar-refractivity contribution is 9.10. The monoisotopic (exact) mass is 509 g/mol. The van der Waals surface area contributed by atoms with Gasteiger partial charge in [-0.2, -0.15) is 15.8 Å². The van der Waals surface area contributed by atoms with E-state index >= 15 is 0 Å². The number of nitrogens with one attached hydrogen (secondary N) is 1. The fraction of sp³-hybridized carbons (Fsp3) is 0.458. The van der Waals surface area contributed by atoms with Crippen LogP contribution in [0.4, 0.5) is 4.79 Å². The Morgan fingerprint density at radius 3 is 2.45 bits per heavy atom. The molecular formula is C24H24BrN5O3.